The van der Waals surface area contributed by atoms with Crippen molar-refractivity contribution in [2.24, 2.45) is 0 Å². The molecule has 0 unspecified atom stereocenters. The molecule has 344 valence electrons. The highest BCUT2D eigenvalue weighted by atomic mass is 32.1. The van der Waals surface area contributed by atoms with Gasteiger partial charge in [-0.25, -0.2) is 0 Å². The summed E-state index contributed by atoms with van der Waals surface area (Å²) in [6, 6.07) is 95.3. The number of hydrogen-bond donors (Lipinski definition) is 0. The Kier molecular flexibility index (Phi) is 9.12. The van der Waals surface area contributed by atoms with E-state index in [2.05, 4.69) is 278 Å². The smallest absolute Gasteiger partial charge is 0.0713 e. The van der Waals surface area contributed by atoms with E-state index in [0.29, 0.717) is 0 Å². The lowest BCUT2D eigenvalue weighted by molar-refractivity contribution is 0.662. The molecule has 2 aromatic heterocycles. The minimum Gasteiger partial charge on any atom is -0.310 e. The molecule has 3 heteroatoms. The van der Waals surface area contributed by atoms with E-state index in [4.69, 9.17) is 0 Å². The third kappa shape index (κ3) is 6.04. The first-order valence-electron chi connectivity index (χ1n) is 25.4. The average molecular weight is 949 g/mol. The second kappa shape index (κ2) is 15.9. The molecule has 0 saturated carbocycles. The summed E-state index contributed by atoms with van der Waals surface area (Å²) in [5, 5.41) is 5.10. The summed E-state index contributed by atoms with van der Waals surface area (Å²) in [6.45, 7) is 4.82. The van der Waals surface area contributed by atoms with Gasteiger partial charge >= 0.3 is 0 Å². The zero-order chi connectivity index (χ0) is 48.4. The summed E-state index contributed by atoms with van der Waals surface area (Å²) < 4.78 is 5.10. The summed E-state index contributed by atoms with van der Waals surface area (Å²) >= 11 is 1.87. The van der Waals surface area contributed by atoms with Gasteiger partial charge in [0.15, 0.2) is 0 Å². The summed E-state index contributed by atoms with van der Waals surface area (Å²) in [4.78, 5) is 2.49. The second-order valence-electron chi connectivity index (χ2n) is 20.4. The number of thiophene rings is 1. The van der Waals surface area contributed by atoms with E-state index < -0.39 is 5.41 Å². The van der Waals surface area contributed by atoms with Crippen LogP contribution in [0.25, 0.3) is 81.0 Å². The number of fused-ring (bicyclic) bond motifs is 12. The molecule has 2 aliphatic rings. The molecular weight excluding hydrogens is 901 g/mol. The van der Waals surface area contributed by atoms with E-state index in [1.807, 2.05) is 11.3 Å². The van der Waals surface area contributed by atoms with Crippen LogP contribution in [0, 0.1) is 0 Å². The molecule has 11 aromatic carbocycles. The van der Waals surface area contributed by atoms with Gasteiger partial charge in [-0.05, 0) is 146 Å². The lowest BCUT2D eigenvalue weighted by Crippen LogP contribution is -2.28. The van der Waals surface area contributed by atoms with Crippen LogP contribution in [-0.2, 0) is 10.8 Å². The van der Waals surface area contributed by atoms with Crippen molar-refractivity contribution in [1.29, 1.82) is 0 Å². The second-order valence-corrected chi connectivity index (χ2v) is 21.5. The van der Waals surface area contributed by atoms with Crippen LogP contribution in [0.3, 0.4) is 0 Å². The standard InChI is InChI=1S/C70H48N2S/c1-69(2)61-30-16-12-27-53(61)60-44-51(43-56(68(60)69)45-34-38-65-58(40-45)54-28-14-18-32-64(54)72(65)50-36-39-67-59(42-50)55-29-15-19-33-66(55)73-67)71(48-24-10-5-11-25-48)49-35-37-63-57(41-49)52-26-13-17-31-62(52)70(63,46-20-6-3-7-21-46)47-22-8-4-9-23-47/h3-44H,1-2H3. The lowest BCUT2D eigenvalue weighted by Gasteiger charge is -2.34. The Hall–Kier alpha value is -8.76. The van der Waals surface area contributed by atoms with Crippen molar-refractivity contribution in [2.45, 2.75) is 24.7 Å². The first-order chi connectivity index (χ1) is 36.0. The topological polar surface area (TPSA) is 8.17 Å². The van der Waals surface area contributed by atoms with Gasteiger partial charge in [0.2, 0.25) is 0 Å². The van der Waals surface area contributed by atoms with E-state index in [-0.39, 0.29) is 5.41 Å². The van der Waals surface area contributed by atoms with Gasteiger partial charge in [-0.1, -0.05) is 190 Å². The van der Waals surface area contributed by atoms with Gasteiger partial charge in [-0.3, -0.25) is 0 Å². The highest BCUT2D eigenvalue weighted by molar-refractivity contribution is 7.25. The third-order valence-corrected chi connectivity index (χ3v) is 17.4. The molecule has 2 heterocycles. The maximum Gasteiger partial charge on any atom is 0.0713 e. The van der Waals surface area contributed by atoms with E-state index >= 15 is 0 Å². The fraction of sp³-hybridized carbons (Fsp3) is 0.0571. The third-order valence-electron chi connectivity index (χ3n) is 16.2. The van der Waals surface area contributed by atoms with Crippen molar-refractivity contribution < 1.29 is 0 Å². The highest BCUT2D eigenvalue weighted by Crippen LogP contribution is 2.59. The first kappa shape index (κ1) is 42.0. The molecule has 2 nitrogen and oxygen atoms in total. The Labute approximate surface area is 429 Å². The molecule has 0 saturated heterocycles. The van der Waals surface area contributed by atoms with Crippen molar-refractivity contribution in [3.05, 3.63) is 288 Å². The van der Waals surface area contributed by atoms with Gasteiger partial charge < -0.3 is 9.47 Å². The number of hydrogen-bond acceptors (Lipinski definition) is 2. The van der Waals surface area contributed by atoms with Crippen molar-refractivity contribution in [3.63, 3.8) is 0 Å². The average Bonchev–Trinajstić information content (AvgIpc) is 4.15. The SMILES string of the molecule is CC1(C)c2ccccc2-c2cc(N(c3ccccc3)c3ccc4c(c3)-c3ccccc3C4(c3ccccc3)c3ccccc3)cc(-c3ccc4c(c3)c3ccccc3n4-c3ccc4sc5ccccc5c4c3)c21. The van der Waals surface area contributed by atoms with Crippen LogP contribution in [0.15, 0.2) is 255 Å². The summed E-state index contributed by atoms with van der Waals surface area (Å²) in [5.41, 5.74) is 21.6. The van der Waals surface area contributed by atoms with Crippen LogP contribution in [0.1, 0.15) is 47.2 Å². The van der Waals surface area contributed by atoms with E-state index in [1.54, 1.807) is 0 Å². The van der Waals surface area contributed by atoms with Gasteiger partial charge in [-0.2, -0.15) is 0 Å². The summed E-state index contributed by atoms with van der Waals surface area (Å²) in [5.74, 6) is 0. The van der Waals surface area contributed by atoms with Crippen LogP contribution in [-0.4, -0.2) is 4.57 Å². The van der Waals surface area contributed by atoms with Crippen molar-refractivity contribution in [3.8, 4) is 39.1 Å². The van der Waals surface area contributed by atoms with Gasteiger partial charge in [0, 0.05) is 59.1 Å². The summed E-state index contributed by atoms with van der Waals surface area (Å²) in [7, 11) is 0. The monoisotopic (exact) mass is 948 g/mol. The number of benzene rings is 11. The minimum absolute atomic E-state index is 0.242. The summed E-state index contributed by atoms with van der Waals surface area (Å²) in [6.07, 6.45) is 0. The van der Waals surface area contributed by atoms with E-state index in [1.165, 1.54) is 114 Å². The molecule has 13 aromatic rings. The van der Waals surface area contributed by atoms with E-state index in [0.717, 1.165) is 17.1 Å². The zero-order valence-corrected chi connectivity index (χ0v) is 41.4. The molecule has 0 atom stereocenters. The predicted molar refractivity (Wildman–Crippen MR) is 309 cm³/mol. The number of aromatic nitrogens is 1. The molecule has 0 bridgehead atoms. The fourth-order valence-corrected chi connectivity index (χ4v) is 14.2. The molecule has 15 rings (SSSR count). The molecule has 73 heavy (non-hydrogen) atoms. The molecule has 0 spiro atoms. The minimum atomic E-state index is -0.479. The number of anilines is 3. The Bertz CT molecular complexity index is 4310. The van der Waals surface area contributed by atoms with Crippen LogP contribution >= 0.6 is 11.3 Å². The molecule has 0 amide bonds. The first-order valence-corrected chi connectivity index (χ1v) is 26.2. The zero-order valence-electron chi connectivity index (χ0n) is 40.6. The Morgan fingerprint density at radius 1 is 0.356 bits per heavy atom. The van der Waals surface area contributed by atoms with Crippen LogP contribution in [0.2, 0.25) is 0 Å². The molecule has 0 aliphatic heterocycles. The Balaban J connectivity index is 0.960. The highest BCUT2D eigenvalue weighted by Gasteiger charge is 2.46. The molecule has 2 aliphatic carbocycles. The number of nitrogens with zero attached hydrogens (tertiary/aromatic N) is 2. The van der Waals surface area contributed by atoms with Gasteiger partial charge in [0.05, 0.1) is 16.4 Å². The van der Waals surface area contributed by atoms with Gasteiger partial charge in [-0.15, -0.1) is 11.3 Å². The maximum atomic E-state index is 2.49. The van der Waals surface area contributed by atoms with Crippen LogP contribution in [0.5, 0.6) is 0 Å². The van der Waals surface area contributed by atoms with E-state index in [9.17, 15) is 0 Å². The van der Waals surface area contributed by atoms with Crippen molar-refractivity contribution in [1.82, 2.24) is 4.57 Å². The molecule has 0 fully saturated rings. The molecule has 0 N–H and O–H groups in total. The van der Waals surface area contributed by atoms with Gasteiger partial charge in [0.1, 0.15) is 0 Å². The molecule has 0 radical (unpaired) electrons. The Morgan fingerprint density at radius 3 is 1.70 bits per heavy atom. The number of rotatable bonds is 7. The quantitative estimate of drug-likeness (QED) is 0.155. The fourth-order valence-electron chi connectivity index (χ4n) is 13.1. The normalized spacial score (nSPS) is 13.8. The maximum absolute atomic E-state index is 2.49. The van der Waals surface area contributed by atoms with Crippen molar-refractivity contribution in [2.75, 3.05) is 4.90 Å². The molecular formula is C70H48N2S. The van der Waals surface area contributed by atoms with Gasteiger partial charge in [0.25, 0.3) is 0 Å². The number of para-hydroxylation sites is 2. The van der Waals surface area contributed by atoms with Crippen LogP contribution in [0.4, 0.5) is 17.1 Å². The van der Waals surface area contributed by atoms with Crippen molar-refractivity contribution >= 4 is 70.4 Å². The Morgan fingerprint density at radius 2 is 0.932 bits per heavy atom. The lowest BCUT2D eigenvalue weighted by atomic mass is 9.68. The predicted octanol–water partition coefficient (Wildman–Crippen LogP) is 19.0. The van der Waals surface area contributed by atoms with Crippen LogP contribution < -0.4 is 4.90 Å². The largest absolute Gasteiger partial charge is 0.310 e.